The van der Waals surface area contributed by atoms with Crippen LogP contribution in [0.1, 0.15) is 36.0 Å². The molecule has 3 rings (SSSR count). The van der Waals surface area contributed by atoms with Crippen molar-refractivity contribution in [3.63, 3.8) is 0 Å². The van der Waals surface area contributed by atoms with Crippen molar-refractivity contribution in [1.29, 1.82) is 0 Å². The average Bonchev–Trinajstić information content (AvgIpc) is 3.12. The minimum Gasteiger partial charge on any atom is -0.497 e. The fraction of sp³-hybridized carbons (Fsp3) is 0.533. The van der Waals surface area contributed by atoms with Gasteiger partial charge in [0.2, 0.25) is 0 Å². The van der Waals surface area contributed by atoms with E-state index in [1.165, 1.54) is 26.0 Å². The maximum atomic E-state index is 13.9. The Bertz CT molecular complexity index is 471. The molecule has 96 valence electrons. The molecule has 2 aliphatic rings. The number of hydrogen-bond donors (Lipinski definition) is 0. The molecule has 2 atom stereocenters. The molecule has 0 amide bonds. The Morgan fingerprint density at radius 3 is 2.50 bits per heavy atom. The van der Waals surface area contributed by atoms with Gasteiger partial charge in [0.15, 0.2) is 5.78 Å². The van der Waals surface area contributed by atoms with Crippen molar-refractivity contribution in [2.24, 2.45) is 17.8 Å². The fourth-order valence-corrected chi connectivity index (χ4v) is 3.38. The molecule has 0 N–H and O–H groups in total. The van der Waals surface area contributed by atoms with Gasteiger partial charge in [-0.1, -0.05) is 12.8 Å². The van der Waals surface area contributed by atoms with Crippen molar-refractivity contribution in [2.75, 3.05) is 7.11 Å². The van der Waals surface area contributed by atoms with Gasteiger partial charge < -0.3 is 4.74 Å². The Morgan fingerprint density at radius 1 is 1.28 bits per heavy atom. The molecule has 2 fully saturated rings. The van der Waals surface area contributed by atoms with Crippen molar-refractivity contribution < 1.29 is 13.9 Å². The summed E-state index contributed by atoms with van der Waals surface area (Å²) in [5, 5.41) is 0. The number of rotatable bonds is 3. The molecule has 2 aliphatic carbocycles. The molecule has 0 aliphatic heterocycles. The van der Waals surface area contributed by atoms with Gasteiger partial charge in [-0.15, -0.1) is 0 Å². The van der Waals surface area contributed by atoms with Crippen LogP contribution in [0.5, 0.6) is 5.75 Å². The first-order valence-electron chi connectivity index (χ1n) is 6.60. The Kier molecular flexibility index (Phi) is 2.84. The predicted molar refractivity (Wildman–Crippen MR) is 66.2 cm³/mol. The van der Waals surface area contributed by atoms with E-state index >= 15 is 0 Å². The lowest BCUT2D eigenvalue weighted by Crippen LogP contribution is -2.07. The second-order valence-electron chi connectivity index (χ2n) is 5.35. The zero-order valence-electron chi connectivity index (χ0n) is 10.5. The molecular formula is C15H17FO2. The van der Waals surface area contributed by atoms with Crippen LogP contribution in [0, 0.1) is 23.6 Å². The molecule has 0 radical (unpaired) electrons. The maximum absolute atomic E-state index is 13.9. The van der Waals surface area contributed by atoms with Crippen LogP contribution in [0.15, 0.2) is 18.2 Å². The largest absolute Gasteiger partial charge is 0.497 e. The number of carbonyl (C=O) groups excluding carboxylic acids is 1. The number of halogens is 1. The van der Waals surface area contributed by atoms with Gasteiger partial charge in [0.1, 0.15) is 11.6 Å². The molecule has 3 heteroatoms. The van der Waals surface area contributed by atoms with E-state index in [0.717, 1.165) is 12.8 Å². The second-order valence-corrected chi connectivity index (χ2v) is 5.35. The highest BCUT2D eigenvalue weighted by Crippen LogP contribution is 2.56. The summed E-state index contributed by atoms with van der Waals surface area (Å²) in [7, 11) is 1.49. The van der Waals surface area contributed by atoms with Gasteiger partial charge in [-0.3, -0.25) is 4.79 Å². The standard InChI is InChI=1S/C15H17FO2/c1-18-9-6-7-12(13(16)8-9)15(17)14-10-4-2-3-5-11(10)14/h6-8,10-11,14H,2-5H2,1H3. The summed E-state index contributed by atoms with van der Waals surface area (Å²) >= 11 is 0. The lowest BCUT2D eigenvalue weighted by Gasteiger charge is -2.04. The second kappa shape index (κ2) is 4.38. The van der Waals surface area contributed by atoms with E-state index in [-0.39, 0.29) is 17.3 Å². The third-order valence-electron chi connectivity index (χ3n) is 4.40. The molecule has 0 aromatic heterocycles. The minimum atomic E-state index is -0.456. The van der Waals surface area contributed by atoms with Crippen LogP contribution in [0.25, 0.3) is 0 Å². The minimum absolute atomic E-state index is 0.00736. The maximum Gasteiger partial charge on any atom is 0.169 e. The van der Waals surface area contributed by atoms with Gasteiger partial charge in [-0.2, -0.15) is 0 Å². The summed E-state index contributed by atoms with van der Waals surface area (Å²) in [6.45, 7) is 0. The highest BCUT2D eigenvalue weighted by Gasteiger charge is 2.54. The average molecular weight is 248 g/mol. The highest BCUT2D eigenvalue weighted by molar-refractivity contribution is 6.00. The summed E-state index contributed by atoms with van der Waals surface area (Å²) in [5.41, 5.74) is 0.232. The summed E-state index contributed by atoms with van der Waals surface area (Å²) in [4.78, 5) is 12.3. The van der Waals surface area contributed by atoms with Crippen molar-refractivity contribution in [1.82, 2.24) is 0 Å². The lowest BCUT2D eigenvalue weighted by atomic mass is 10.0. The first-order chi connectivity index (χ1) is 8.72. The number of ether oxygens (including phenoxy) is 1. The van der Waals surface area contributed by atoms with Crippen molar-refractivity contribution in [3.05, 3.63) is 29.6 Å². The Balaban J connectivity index is 1.81. The monoisotopic (exact) mass is 248 g/mol. The molecule has 1 aromatic rings. The fourth-order valence-electron chi connectivity index (χ4n) is 3.38. The van der Waals surface area contributed by atoms with Gasteiger partial charge in [0.05, 0.1) is 12.7 Å². The van der Waals surface area contributed by atoms with Gasteiger partial charge in [-0.05, 0) is 36.8 Å². The smallest absolute Gasteiger partial charge is 0.169 e. The number of methoxy groups -OCH3 is 1. The number of hydrogen-bond acceptors (Lipinski definition) is 2. The number of benzene rings is 1. The quantitative estimate of drug-likeness (QED) is 0.766. The van der Waals surface area contributed by atoms with Crippen molar-refractivity contribution in [3.8, 4) is 5.75 Å². The van der Waals surface area contributed by atoms with Crippen LogP contribution >= 0.6 is 0 Å². The molecule has 0 spiro atoms. The number of fused-ring (bicyclic) bond motifs is 1. The van der Waals surface area contributed by atoms with E-state index in [9.17, 15) is 9.18 Å². The van der Waals surface area contributed by atoms with Crippen LogP contribution < -0.4 is 4.74 Å². The molecular weight excluding hydrogens is 231 g/mol. The van der Waals surface area contributed by atoms with Gasteiger partial charge in [0, 0.05) is 12.0 Å². The third kappa shape index (κ3) is 1.82. The summed E-state index contributed by atoms with van der Waals surface area (Å²) in [6, 6.07) is 4.50. The van der Waals surface area contributed by atoms with E-state index in [1.54, 1.807) is 12.1 Å². The highest BCUT2D eigenvalue weighted by atomic mass is 19.1. The van der Waals surface area contributed by atoms with E-state index in [0.29, 0.717) is 17.6 Å². The van der Waals surface area contributed by atoms with Crippen LogP contribution in [0.3, 0.4) is 0 Å². The Hall–Kier alpha value is -1.38. The summed E-state index contributed by atoms with van der Waals surface area (Å²) < 4.78 is 18.8. The van der Waals surface area contributed by atoms with Crippen molar-refractivity contribution in [2.45, 2.75) is 25.7 Å². The lowest BCUT2D eigenvalue weighted by molar-refractivity contribution is 0.0952. The van der Waals surface area contributed by atoms with Crippen LogP contribution in [0.2, 0.25) is 0 Å². The molecule has 2 saturated carbocycles. The first kappa shape index (κ1) is 11.7. The molecule has 18 heavy (non-hydrogen) atoms. The van der Waals surface area contributed by atoms with E-state index < -0.39 is 5.82 Å². The summed E-state index contributed by atoms with van der Waals surface area (Å²) in [6.07, 6.45) is 4.71. The molecule has 1 aromatic carbocycles. The molecule has 0 bridgehead atoms. The SMILES string of the molecule is COc1ccc(C(=O)C2C3CCCCC32)c(F)c1. The van der Waals surface area contributed by atoms with Crippen LogP contribution in [-0.4, -0.2) is 12.9 Å². The van der Waals surface area contributed by atoms with Gasteiger partial charge >= 0.3 is 0 Å². The molecule has 0 heterocycles. The first-order valence-corrected chi connectivity index (χ1v) is 6.60. The third-order valence-corrected chi connectivity index (χ3v) is 4.40. The Morgan fingerprint density at radius 2 is 1.94 bits per heavy atom. The number of carbonyl (C=O) groups is 1. The van der Waals surface area contributed by atoms with Crippen LogP contribution in [0.4, 0.5) is 4.39 Å². The van der Waals surface area contributed by atoms with E-state index in [1.807, 2.05) is 0 Å². The van der Waals surface area contributed by atoms with Crippen molar-refractivity contribution >= 4 is 5.78 Å². The Labute approximate surface area is 106 Å². The molecule has 0 saturated heterocycles. The zero-order chi connectivity index (χ0) is 12.7. The normalized spacial score (nSPS) is 29.6. The van der Waals surface area contributed by atoms with Crippen LogP contribution in [-0.2, 0) is 0 Å². The zero-order valence-corrected chi connectivity index (χ0v) is 10.5. The van der Waals surface area contributed by atoms with E-state index in [2.05, 4.69) is 0 Å². The molecule has 2 unspecified atom stereocenters. The number of ketones is 1. The number of Topliss-reactive ketones (excluding diaryl/α,β-unsaturated/α-hetero) is 1. The topological polar surface area (TPSA) is 26.3 Å². The summed E-state index contributed by atoms with van der Waals surface area (Å²) in [5.74, 6) is 1.11. The molecule has 2 nitrogen and oxygen atoms in total. The predicted octanol–water partition coefficient (Wildman–Crippen LogP) is 3.45. The van der Waals surface area contributed by atoms with Gasteiger partial charge in [-0.25, -0.2) is 4.39 Å². The van der Waals surface area contributed by atoms with E-state index in [4.69, 9.17) is 4.74 Å². The van der Waals surface area contributed by atoms with Gasteiger partial charge in [0.25, 0.3) is 0 Å².